The van der Waals surface area contributed by atoms with Gasteiger partial charge in [0.1, 0.15) is 0 Å². The van der Waals surface area contributed by atoms with Crippen molar-refractivity contribution in [1.29, 1.82) is 0 Å². The third-order valence-electron chi connectivity index (χ3n) is 4.31. The van der Waals surface area contributed by atoms with E-state index in [2.05, 4.69) is 40.8 Å². The maximum Gasteiger partial charge on any atom is 0.0637 e. The SMILES string of the molecule is CC(C)CC1(C(O)Cc2cncc(Br)c2)CCCC1. The molecule has 2 rings (SSSR count). The fourth-order valence-corrected chi connectivity index (χ4v) is 3.99. The molecule has 1 aliphatic carbocycles. The zero-order valence-corrected chi connectivity index (χ0v) is 13.5. The summed E-state index contributed by atoms with van der Waals surface area (Å²) in [4.78, 5) is 4.19. The Kier molecular flexibility index (Phi) is 5.02. The summed E-state index contributed by atoms with van der Waals surface area (Å²) in [5.41, 5.74) is 1.26. The van der Waals surface area contributed by atoms with Crippen LogP contribution in [-0.4, -0.2) is 16.2 Å². The number of pyridine rings is 1. The normalized spacial score (nSPS) is 19.8. The van der Waals surface area contributed by atoms with E-state index in [1.54, 1.807) is 6.20 Å². The first-order valence-corrected chi connectivity index (χ1v) is 8.09. The van der Waals surface area contributed by atoms with Crippen LogP contribution >= 0.6 is 15.9 Å². The highest BCUT2D eigenvalue weighted by atomic mass is 79.9. The Morgan fingerprint density at radius 3 is 2.58 bits per heavy atom. The van der Waals surface area contributed by atoms with Crippen LogP contribution in [0.25, 0.3) is 0 Å². The van der Waals surface area contributed by atoms with Crippen LogP contribution in [0.2, 0.25) is 0 Å². The van der Waals surface area contributed by atoms with Gasteiger partial charge < -0.3 is 5.11 Å². The van der Waals surface area contributed by atoms with E-state index in [0.29, 0.717) is 5.92 Å². The van der Waals surface area contributed by atoms with Gasteiger partial charge in [-0.2, -0.15) is 0 Å². The molecule has 1 aliphatic rings. The first-order chi connectivity index (χ1) is 9.02. The number of nitrogens with zero attached hydrogens (tertiary/aromatic N) is 1. The third-order valence-corrected chi connectivity index (χ3v) is 4.75. The average molecular weight is 326 g/mol. The van der Waals surface area contributed by atoms with Crippen molar-refractivity contribution in [3.63, 3.8) is 0 Å². The summed E-state index contributed by atoms with van der Waals surface area (Å²) in [5.74, 6) is 0.647. The zero-order chi connectivity index (χ0) is 13.9. The van der Waals surface area contributed by atoms with Gasteiger partial charge in [-0.3, -0.25) is 4.98 Å². The lowest BCUT2D eigenvalue weighted by atomic mass is 9.72. The molecule has 1 atom stereocenters. The summed E-state index contributed by atoms with van der Waals surface area (Å²) >= 11 is 3.45. The second-order valence-electron chi connectivity index (χ2n) is 6.40. The largest absolute Gasteiger partial charge is 0.392 e. The van der Waals surface area contributed by atoms with Crippen molar-refractivity contribution in [1.82, 2.24) is 4.98 Å². The van der Waals surface area contributed by atoms with Crippen molar-refractivity contribution in [3.05, 3.63) is 28.5 Å². The van der Waals surface area contributed by atoms with E-state index in [9.17, 15) is 5.11 Å². The van der Waals surface area contributed by atoms with Crippen LogP contribution in [0.5, 0.6) is 0 Å². The summed E-state index contributed by atoms with van der Waals surface area (Å²) in [7, 11) is 0. The first kappa shape index (κ1) is 15.0. The van der Waals surface area contributed by atoms with Gasteiger partial charge in [0.2, 0.25) is 0 Å². The molecule has 106 valence electrons. The molecule has 2 nitrogen and oxygen atoms in total. The van der Waals surface area contributed by atoms with E-state index in [-0.39, 0.29) is 11.5 Å². The van der Waals surface area contributed by atoms with Crippen LogP contribution in [0, 0.1) is 11.3 Å². The predicted octanol–water partition coefficient (Wildman–Crippen LogP) is 4.35. The lowest BCUT2D eigenvalue weighted by Gasteiger charge is -2.36. The minimum atomic E-state index is -0.242. The molecular formula is C16H24BrNO. The molecule has 19 heavy (non-hydrogen) atoms. The van der Waals surface area contributed by atoms with E-state index < -0.39 is 0 Å². The maximum absolute atomic E-state index is 10.7. The lowest BCUT2D eigenvalue weighted by Crippen LogP contribution is -2.35. The van der Waals surface area contributed by atoms with Gasteiger partial charge in [-0.25, -0.2) is 0 Å². The predicted molar refractivity (Wildman–Crippen MR) is 82.0 cm³/mol. The molecule has 1 N–H and O–H groups in total. The molecule has 0 aromatic carbocycles. The summed E-state index contributed by atoms with van der Waals surface area (Å²) < 4.78 is 0.988. The van der Waals surface area contributed by atoms with E-state index in [4.69, 9.17) is 0 Å². The van der Waals surface area contributed by atoms with Gasteiger partial charge in [0.15, 0.2) is 0 Å². The standard InChI is InChI=1S/C16H24BrNO/c1-12(2)9-16(5-3-4-6-16)15(19)8-13-7-14(17)11-18-10-13/h7,10-12,15,19H,3-6,8-9H2,1-2H3. The van der Waals surface area contributed by atoms with Crippen molar-refractivity contribution < 1.29 is 5.11 Å². The van der Waals surface area contributed by atoms with Gasteiger partial charge in [0.05, 0.1) is 6.10 Å². The van der Waals surface area contributed by atoms with Crippen molar-refractivity contribution in [3.8, 4) is 0 Å². The van der Waals surface area contributed by atoms with E-state index >= 15 is 0 Å². The topological polar surface area (TPSA) is 33.1 Å². The molecule has 0 bridgehead atoms. The highest BCUT2D eigenvalue weighted by Gasteiger charge is 2.40. The van der Waals surface area contributed by atoms with Crippen molar-refractivity contribution in [2.75, 3.05) is 0 Å². The number of halogens is 1. The fourth-order valence-electron chi connectivity index (χ4n) is 3.57. The van der Waals surface area contributed by atoms with Crippen molar-refractivity contribution in [2.45, 2.75) is 58.5 Å². The molecule has 1 heterocycles. The fraction of sp³-hybridized carbons (Fsp3) is 0.688. The molecule has 3 heteroatoms. The van der Waals surface area contributed by atoms with Gasteiger partial charge in [-0.05, 0) is 58.2 Å². The molecule has 1 aromatic heterocycles. The second-order valence-corrected chi connectivity index (χ2v) is 7.31. The van der Waals surface area contributed by atoms with Gasteiger partial charge in [-0.1, -0.05) is 26.7 Å². The molecule has 1 aromatic rings. The van der Waals surface area contributed by atoms with Crippen LogP contribution in [0.15, 0.2) is 22.9 Å². The van der Waals surface area contributed by atoms with E-state index in [1.165, 1.54) is 25.7 Å². The van der Waals surface area contributed by atoms with Crippen LogP contribution in [0.3, 0.4) is 0 Å². The molecule has 0 amide bonds. The number of aliphatic hydroxyl groups is 1. The molecule has 1 fully saturated rings. The summed E-state index contributed by atoms with van der Waals surface area (Å²) in [5, 5.41) is 10.7. The minimum Gasteiger partial charge on any atom is -0.392 e. The third kappa shape index (κ3) is 3.79. The van der Waals surface area contributed by atoms with E-state index in [1.807, 2.05) is 6.20 Å². The molecule has 1 unspecified atom stereocenters. The number of hydrogen-bond acceptors (Lipinski definition) is 2. The lowest BCUT2D eigenvalue weighted by molar-refractivity contribution is 0.0133. The summed E-state index contributed by atoms with van der Waals surface area (Å²) in [6.45, 7) is 4.51. The minimum absolute atomic E-state index is 0.135. The highest BCUT2D eigenvalue weighted by molar-refractivity contribution is 9.10. The molecule has 0 saturated heterocycles. The van der Waals surface area contributed by atoms with E-state index in [0.717, 1.165) is 22.9 Å². The average Bonchev–Trinajstić information content (AvgIpc) is 2.78. The monoisotopic (exact) mass is 325 g/mol. The number of aliphatic hydroxyl groups excluding tert-OH is 1. The molecule has 0 radical (unpaired) electrons. The van der Waals surface area contributed by atoms with Crippen molar-refractivity contribution >= 4 is 15.9 Å². The zero-order valence-electron chi connectivity index (χ0n) is 11.9. The van der Waals surface area contributed by atoms with Gasteiger partial charge in [0.25, 0.3) is 0 Å². The number of rotatable bonds is 5. The van der Waals surface area contributed by atoms with Gasteiger partial charge in [0, 0.05) is 23.3 Å². The molecule has 1 saturated carbocycles. The Balaban J connectivity index is 2.09. The Labute approximate surface area is 124 Å². The summed E-state index contributed by atoms with van der Waals surface area (Å²) in [6.07, 6.45) is 10.1. The Bertz CT molecular complexity index is 413. The molecule has 0 spiro atoms. The first-order valence-electron chi connectivity index (χ1n) is 7.29. The summed E-state index contributed by atoms with van der Waals surface area (Å²) in [6, 6.07) is 2.06. The van der Waals surface area contributed by atoms with Crippen LogP contribution in [-0.2, 0) is 6.42 Å². The Hall–Kier alpha value is -0.410. The number of aromatic nitrogens is 1. The maximum atomic E-state index is 10.7. The van der Waals surface area contributed by atoms with Crippen molar-refractivity contribution in [2.24, 2.45) is 11.3 Å². The van der Waals surface area contributed by atoms with Crippen LogP contribution < -0.4 is 0 Å². The van der Waals surface area contributed by atoms with Gasteiger partial charge in [-0.15, -0.1) is 0 Å². The Morgan fingerprint density at radius 2 is 2.00 bits per heavy atom. The smallest absolute Gasteiger partial charge is 0.0637 e. The van der Waals surface area contributed by atoms with Crippen LogP contribution in [0.1, 0.15) is 51.5 Å². The van der Waals surface area contributed by atoms with Gasteiger partial charge >= 0.3 is 0 Å². The molecular weight excluding hydrogens is 302 g/mol. The quantitative estimate of drug-likeness (QED) is 0.872. The second kappa shape index (κ2) is 6.36. The molecule has 0 aliphatic heterocycles. The Morgan fingerprint density at radius 1 is 1.32 bits per heavy atom. The number of hydrogen-bond donors (Lipinski definition) is 1. The highest BCUT2D eigenvalue weighted by Crippen LogP contribution is 2.46. The van der Waals surface area contributed by atoms with Crippen LogP contribution in [0.4, 0.5) is 0 Å².